The van der Waals surface area contributed by atoms with E-state index < -0.39 is 11.2 Å². The summed E-state index contributed by atoms with van der Waals surface area (Å²) < 4.78 is 0. The molecular weight excluding hydrogens is 394 g/mol. The number of nitrogens with two attached hydrogens (primary N) is 1. The summed E-state index contributed by atoms with van der Waals surface area (Å²) in [6.45, 7) is 7.45. The fraction of sp³-hybridized carbons (Fsp3) is 0.208. The Kier molecular flexibility index (Phi) is 6.57. The van der Waals surface area contributed by atoms with E-state index in [1.54, 1.807) is 6.92 Å². The first-order chi connectivity index (χ1) is 14.3. The van der Waals surface area contributed by atoms with Crippen LogP contribution in [0, 0.1) is 20.8 Å². The Bertz CT molecular complexity index is 1100. The number of benzene rings is 2. The molecule has 3 N–H and O–H groups in total. The number of hydrogen-bond acceptors (Lipinski definition) is 4. The predicted octanol–water partition coefficient (Wildman–Crippen LogP) is 4.89. The quantitative estimate of drug-likeness (QED) is 0.557. The average molecular weight is 420 g/mol. The second-order valence-electron chi connectivity index (χ2n) is 7.15. The second kappa shape index (κ2) is 9.13. The molecule has 3 rings (SSSR count). The van der Waals surface area contributed by atoms with Gasteiger partial charge in [-0.3, -0.25) is 9.59 Å². The summed E-state index contributed by atoms with van der Waals surface area (Å²) in [5.74, 6) is -0.705. The summed E-state index contributed by atoms with van der Waals surface area (Å²) in [5.41, 5.74) is 11.2. The topological polar surface area (TPSA) is 85.1 Å². The van der Waals surface area contributed by atoms with Crippen LogP contribution in [0.15, 0.2) is 59.6 Å². The van der Waals surface area contributed by atoms with Crippen molar-refractivity contribution in [2.45, 2.75) is 38.0 Å². The molecule has 0 aliphatic rings. The molecule has 0 aliphatic heterocycles. The molecule has 6 heteroatoms. The molecule has 2 amide bonds. The van der Waals surface area contributed by atoms with Gasteiger partial charge in [-0.25, -0.2) is 4.98 Å². The van der Waals surface area contributed by atoms with Crippen LogP contribution in [-0.4, -0.2) is 22.0 Å². The van der Waals surface area contributed by atoms with Crippen LogP contribution in [0.3, 0.4) is 0 Å². The van der Waals surface area contributed by atoms with E-state index in [1.165, 1.54) is 11.8 Å². The van der Waals surface area contributed by atoms with E-state index >= 15 is 0 Å². The molecule has 0 spiro atoms. The van der Waals surface area contributed by atoms with Gasteiger partial charge in [-0.2, -0.15) is 0 Å². The average Bonchev–Trinajstić information content (AvgIpc) is 2.72. The highest BCUT2D eigenvalue weighted by Crippen LogP contribution is 2.32. The molecule has 0 saturated carbocycles. The predicted molar refractivity (Wildman–Crippen MR) is 123 cm³/mol. The summed E-state index contributed by atoms with van der Waals surface area (Å²) in [7, 11) is 0. The zero-order valence-corrected chi connectivity index (χ0v) is 18.3. The van der Waals surface area contributed by atoms with Crippen molar-refractivity contribution in [1.82, 2.24) is 4.98 Å². The van der Waals surface area contributed by atoms with Crippen LogP contribution in [0.1, 0.15) is 34.1 Å². The number of aromatic nitrogens is 1. The number of aryl methyl sites for hydroxylation is 1. The molecular formula is C24H25N3O2S. The Morgan fingerprint density at radius 3 is 2.27 bits per heavy atom. The summed E-state index contributed by atoms with van der Waals surface area (Å²) in [4.78, 5) is 29.5. The lowest BCUT2D eigenvalue weighted by atomic mass is 10.0. The van der Waals surface area contributed by atoms with Crippen LogP contribution in [0.4, 0.5) is 5.69 Å². The third kappa shape index (κ3) is 4.54. The molecule has 0 fully saturated rings. The van der Waals surface area contributed by atoms with Gasteiger partial charge in [-0.1, -0.05) is 60.3 Å². The van der Waals surface area contributed by atoms with Crippen molar-refractivity contribution in [3.8, 4) is 11.1 Å². The molecule has 5 nitrogen and oxygen atoms in total. The monoisotopic (exact) mass is 419 g/mol. The normalized spacial score (nSPS) is 11.7. The van der Waals surface area contributed by atoms with E-state index in [0.717, 1.165) is 33.6 Å². The second-order valence-corrected chi connectivity index (χ2v) is 8.48. The van der Waals surface area contributed by atoms with Gasteiger partial charge < -0.3 is 11.1 Å². The maximum Gasteiger partial charge on any atom is 0.251 e. The van der Waals surface area contributed by atoms with E-state index in [0.29, 0.717) is 10.6 Å². The SMILES string of the molecule is Cc1nc(S[C@H](C)C(=O)Nc2ccccc2-c2ccccc2)c(C(N)=O)c(C)c1C. The third-order valence-corrected chi connectivity index (χ3v) is 6.22. The number of anilines is 1. The van der Waals surface area contributed by atoms with Gasteiger partial charge in [0.2, 0.25) is 5.91 Å². The van der Waals surface area contributed by atoms with Crippen LogP contribution < -0.4 is 11.1 Å². The molecule has 1 aromatic heterocycles. The highest BCUT2D eigenvalue weighted by molar-refractivity contribution is 8.00. The first-order valence-electron chi connectivity index (χ1n) is 9.69. The number of amides is 2. The van der Waals surface area contributed by atoms with E-state index in [1.807, 2.05) is 75.4 Å². The maximum absolute atomic E-state index is 12.9. The van der Waals surface area contributed by atoms with Gasteiger partial charge >= 0.3 is 0 Å². The summed E-state index contributed by atoms with van der Waals surface area (Å²) in [6, 6.07) is 17.6. The molecule has 0 unspecified atom stereocenters. The summed E-state index contributed by atoms with van der Waals surface area (Å²) >= 11 is 1.24. The third-order valence-electron chi connectivity index (χ3n) is 5.14. The molecule has 0 saturated heterocycles. The zero-order valence-electron chi connectivity index (χ0n) is 17.5. The van der Waals surface area contributed by atoms with E-state index in [9.17, 15) is 9.59 Å². The number of para-hydroxylation sites is 1. The van der Waals surface area contributed by atoms with E-state index in [4.69, 9.17) is 5.73 Å². The minimum atomic E-state index is -0.535. The lowest BCUT2D eigenvalue weighted by molar-refractivity contribution is -0.115. The fourth-order valence-electron chi connectivity index (χ4n) is 3.20. The van der Waals surface area contributed by atoms with Gasteiger partial charge in [0.1, 0.15) is 5.03 Å². The first-order valence-corrected chi connectivity index (χ1v) is 10.6. The van der Waals surface area contributed by atoms with Gasteiger partial charge in [-0.05, 0) is 50.5 Å². The van der Waals surface area contributed by atoms with Crippen molar-refractivity contribution in [1.29, 1.82) is 0 Å². The van der Waals surface area contributed by atoms with Gasteiger partial charge in [0.15, 0.2) is 0 Å². The molecule has 2 aromatic carbocycles. The Morgan fingerprint density at radius 1 is 0.967 bits per heavy atom. The van der Waals surface area contributed by atoms with Crippen LogP contribution in [0.2, 0.25) is 0 Å². The molecule has 3 aromatic rings. The van der Waals surface area contributed by atoms with Crippen molar-refractivity contribution in [3.63, 3.8) is 0 Å². The molecule has 0 radical (unpaired) electrons. The minimum Gasteiger partial charge on any atom is -0.366 e. The molecule has 154 valence electrons. The Labute approximate surface area is 181 Å². The van der Waals surface area contributed by atoms with Crippen molar-refractivity contribution in [2.75, 3.05) is 5.32 Å². The molecule has 0 bridgehead atoms. The van der Waals surface area contributed by atoms with Crippen LogP contribution in [0.25, 0.3) is 11.1 Å². The number of pyridine rings is 1. The largest absolute Gasteiger partial charge is 0.366 e. The molecule has 1 atom stereocenters. The van der Waals surface area contributed by atoms with Crippen LogP contribution in [-0.2, 0) is 4.79 Å². The number of hydrogen-bond donors (Lipinski definition) is 2. The van der Waals surface area contributed by atoms with E-state index in [-0.39, 0.29) is 5.91 Å². The minimum absolute atomic E-state index is 0.170. The lowest BCUT2D eigenvalue weighted by Crippen LogP contribution is -2.24. The van der Waals surface area contributed by atoms with Gasteiger partial charge in [0.05, 0.1) is 10.8 Å². The molecule has 30 heavy (non-hydrogen) atoms. The number of rotatable bonds is 6. The van der Waals surface area contributed by atoms with Crippen molar-refractivity contribution < 1.29 is 9.59 Å². The highest BCUT2D eigenvalue weighted by atomic mass is 32.2. The number of nitrogens with one attached hydrogen (secondary N) is 1. The van der Waals surface area contributed by atoms with Crippen molar-refractivity contribution in [2.24, 2.45) is 5.73 Å². The number of primary amides is 1. The van der Waals surface area contributed by atoms with Gasteiger partial charge in [0, 0.05) is 16.9 Å². The summed E-state index contributed by atoms with van der Waals surface area (Å²) in [5, 5.41) is 3.03. The lowest BCUT2D eigenvalue weighted by Gasteiger charge is -2.17. The Hall–Kier alpha value is -3.12. The van der Waals surface area contributed by atoms with Gasteiger partial charge in [-0.15, -0.1) is 0 Å². The van der Waals surface area contributed by atoms with Crippen LogP contribution >= 0.6 is 11.8 Å². The Balaban J connectivity index is 1.85. The zero-order chi connectivity index (χ0) is 21.8. The number of carbonyl (C=O) groups is 2. The standard InChI is InChI=1S/C24H25N3O2S/c1-14-15(2)21(22(25)28)24(26-16(14)3)30-17(4)23(29)27-20-13-9-8-12-19(20)18-10-6-5-7-11-18/h5-13,17H,1-4H3,(H2,25,28)(H,27,29)/t17-/m1/s1. The van der Waals surface area contributed by atoms with Crippen molar-refractivity contribution >= 4 is 29.3 Å². The Morgan fingerprint density at radius 2 is 1.60 bits per heavy atom. The van der Waals surface area contributed by atoms with Crippen molar-refractivity contribution in [3.05, 3.63) is 77.0 Å². The smallest absolute Gasteiger partial charge is 0.251 e. The number of thioether (sulfide) groups is 1. The molecule has 1 heterocycles. The maximum atomic E-state index is 12.9. The molecule has 0 aliphatic carbocycles. The number of nitrogens with zero attached hydrogens (tertiary/aromatic N) is 1. The van der Waals surface area contributed by atoms with Crippen LogP contribution in [0.5, 0.6) is 0 Å². The fourth-order valence-corrected chi connectivity index (χ4v) is 4.27. The first kappa shape index (κ1) is 21.6. The summed E-state index contributed by atoms with van der Waals surface area (Å²) in [6.07, 6.45) is 0. The number of carbonyl (C=O) groups excluding carboxylic acids is 2. The highest BCUT2D eigenvalue weighted by Gasteiger charge is 2.23. The van der Waals surface area contributed by atoms with E-state index in [2.05, 4.69) is 10.3 Å². The van der Waals surface area contributed by atoms with Gasteiger partial charge in [0.25, 0.3) is 5.91 Å².